The number of nitrogens with zero attached hydrogens (tertiary/aromatic N) is 1. The van der Waals surface area contributed by atoms with Gasteiger partial charge in [0.05, 0.1) is 5.71 Å². The molecule has 0 saturated heterocycles. The van der Waals surface area contributed by atoms with E-state index < -0.39 is 0 Å². The number of hydrogen-bond acceptors (Lipinski definition) is 2. The lowest BCUT2D eigenvalue weighted by Crippen LogP contribution is -2.14. The fourth-order valence-corrected chi connectivity index (χ4v) is 1.04. The number of hydrogen-bond donors (Lipinski definition) is 1. The minimum absolute atomic E-state index is 0.182. The Hall–Kier alpha value is -1.35. The van der Waals surface area contributed by atoms with Crippen molar-refractivity contribution in [2.45, 2.75) is 13.8 Å². The number of halogens is 1. The van der Waals surface area contributed by atoms with Crippen LogP contribution in [0.5, 0.6) is 0 Å². The normalized spacial score (nSPS) is 11.2. The molecule has 4 heteroatoms. The van der Waals surface area contributed by atoms with Gasteiger partial charge in [0.25, 0.3) is 0 Å². The standard InChI is InChI=1S/C10H11ClN2O/c1-7(12-13-8(2)14)9-3-5-10(11)6-4-9/h3-6H,1-2H3,(H,13,14)/b12-7+. The highest BCUT2D eigenvalue weighted by atomic mass is 35.5. The molecule has 0 aliphatic carbocycles. The van der Waals surface area contributed by atoms with Crippen molar-refractivity contribution >= 4 is 23.2 Å². The van der Waals surface area contributed by atoms with Crippen LogP contribution in [0.15, 0.2) is 29.4 Å². The first kappa shape index (κ1) is 10.7. The van der Waals surface area contributed by atoms with E-state index >= 15 is 0 Å². The van der Waals surface area contributed by atoms with Crippen molar-refractivity contribution in [1.29, 1.82) is 0 Å². The SMILES string of the molecule is CC(=O)N/N=C(\C)c1ccc(Cl)cc1. The maximum atomic E-state index is 10.6. The third-order valence-corrected chi connectivity index (χ3v) is 1.90. The number of benzene rings is 1. The van der Waals surface area contributed by atoms with Crippen LogP contribution in [0, 0.1) is 0 Å². The zero-order valence-electron chi connectivity index (χ0n) is 8.04. The molecule has 0 radical (unpaired) electrons. The van der Waals surface area contributed by atoms with Crippen molar-refractivity contribution in [3.63, 3.8) is 0 Å². The maximum Gasteiger partial charge on any atom is 0.236 e. The lowest BCUT2D eigenvalue weighted by Gasteiger charge is -2.00. The monoisotopic (exact) mass is 210 g/mol. The van der Waals surface area contributed by atoms with Gasteiger partial charge in [-0.15, -0.1) is 0 Å². The highest BCUT2D eigenvalue weighted by molar-refractivity contribution is 6.30. The van der Waals surface area contributed by atoms with Gasteiger partial charge in [-0.3, -0.25) is 4.79 Å². The largest absolute Gasteiger partial charge is 0.274 e. The third-order valence-electron chi connectivity index (χ3n) is 1.64. The van der Waals surface area contributed by atoms with Crippen molar-refractivity contribution in [2.75, 3.05) is 0 Å². The Bertz CT molecular complexity index is 357. The average Bonchev–Trinajstić information content (AvgIpc) is 2.15. The van der Waals surface area contributed by atoms with E-state index in [-0.39, 0.29) is 5.91 Å². The third kappa shape index (κ3) is 3.18. The predicted octanol–water partition coefficient (Wildman–Crippen LogP) is 2.20. The van der Waals surface area contributed by atoms with Crippen LogP contribution in [0.3, 0.4) is 0 Å². The second-order valence-corrected chi connectivity index (χ2v) is 3.31. The van der Waals surface area contributed by atoms with E-state index in [1.807, 2.05) is 19.1 Å². The number of nitrogens with one attached hydrogen (secondary N) is 1. The Morgan fingerprint density at radius 2 is 1.86 bits per heavy atom. The minimum atomic E-state index is -0.182. The Morgan fingerprint density at radius 1 is 1.29 bits per heavy atom. The zero-order chi connectivity index (χ0) is 10.6. The summed E-state index contributed by atoms with van der Waals surface area (Å²) in [7, 11) is 0. The molecule has 14 heavy (non-hydrogen) atoms. The Balaban J connectivity index is 2.78. The molecule has 1 N–H and O–H groups in total. The van der Waals surface area contributed by atoms with E-state index in [0.29, 0.717) is 5.02 Å². The lowest BCUT2D eigenvalue weighted by atomic mass is 10.1. The van der Waals surface area contributed by atoms with E-state index in [0.717, 1.165) is 11.3 Å². The summed E-state index contributed by atoms with van der Waals surface area (Å²) >= 11 is 5.73. The molecule has 74 valence electrons. The molecule has 0 aromatic heterocycles. The molecule has 1 rings (SSSR count). The molecule has 0 unspecified atom stereocenters. The summed E-state index contributed by atoms with van der Waals surface area (Å²) in [6.45, 7) is 3.23. The Labute approximate surface area is 87.8 Å². The molecular weight excluding hydrogens is 200 g/mol. The molecule has 1 aromatic carbocycles. The molecule has 0 atom stereocenters. The van der Waals surface area contributed by atoms with Crippen molar-refractivity contribution in [2.24, 2.45) is 5.10 Å². The summed E-state index contributed by atoms with van der Waals surface area (Å²) in [6.07, 6.45) is 0. The van der Waals surface area contributed by atoms with Crippen molar-refractivity contribution < 1.29 is 4.79 Å². The minimum Gasteiger partial charge on any atom is -0.274 e. The topological polar surface area (TPSA) is 41.5 Å². The highest BCUT2D eigenvalue weighted by Gasteiger charge is 1.97. The van der Waals surface area contributed by atoms with Crippen LogP contribution in [0.4, 0.5) is 0 Å². The zero-order valence-corrected chi connectivity index (χ0v) is 8.80. The first-order valence-electron chi connectivity index (χ1n) is 4.16. The van der Waals surface area contributed by atoms with Crippen LogP contribution >= 0.6 is 11.6 Å². The van der Waals surface area contributed by atoms with E-state index in [4.69, 9.17) is 11.6 Å². The average molecular weight is 211 g/mol. The molecule has 0 saturated carbocycles. The molecule has 1 aromatic rings. The molecule has 0 heterocycles. The number of amides is 1. The van der Waals surface area contributed by atoms with Gasteiger partial charge in [0.2, 0.25) is 5.91 Å². The molecular formula is C10H11ClN2O. The summed E-state index contributed by atoms with van der Waals surface area (Å²) in [6, 6.07) is 7.26. The molecule has 3 nitrogen and oxygen atoms in total. The summed E-state index contributed by atoms with van der Waals surface area (Å²) in [5, 5.41) is 4.58. The second kappa shape index (κ2) is 4.77. The fraction of sp³-hybridized carbons (Fsp3) is 0.200. The van der Waals surface area contributed by atoms with Gasteiger partial charge >= 0.3 is 0 Å². The van der Waals surface area contributed by atoms with Crippen LogP contribution in [0.2, 0.25) is 5.02 Å². The van der Waals surface area contributed by atoms with Crippen molar-refractivity contribution in [1.82, 2.24) is 5.43 Å². The van der Waals surface area contributed by atoms with Crippen LogP contribution in [-0.4, -0.2) is 11.6 Å². The van der Waals surface area contributed by atoms with Gasteiger partial charge in [0, 0.05) is 11.9 Å². The molecule has 0 aliphatic heterocycles. The van der Waals surface area contributed by atoms with E-state index in [9.17, 15) is 4.79 Å². The van der Waals surface area contributed by atoms with Crippen molar-refractivity contribution in [3.05, 3.63) is 34.9 Å². The van der Waals surface area contributed by atoms with E-state index in [1.54, 1.807) is 12.1 Å². The van der Waals surface area contributed by atoms with Crippen molar-refractivity contribution in [3.8, 4) is 0 Å². The van der Waals surface area contributed by atoms with Crippen LogP contribution in [-0.2, 0) is 4.79 Å². The quantitative estimate of drug-likeness (QED) is 0.590. The van der Waals surface area contributed by atoms with Gasteiger partial charge < -0.3 is 0 Å². The summed E-state index contributed by atoms with van der Waals surface area (Å²) in [5.74, 6) is -0.182. The van der Waals surface area contributed by atoms with Gasteiger partial charge in [0.15, 0.2) is 0 Å². The summed E-state index contributed by atoms with van der Waals surface area (Å²) in [4.78, 5) is 10.6. The van der Waals surface area contributed by atoms with Crippen LogP contribution < -0.4 is 5.43 Å². The Morgan fingerprint density at radius 3 is 2.36 bits per heavy atom. The van der Waals surface area contributed by atoms with Gasteiger partial charge in [-0.2, -0.15) is 5.10 Å². The number of carbonyl (C=O) groups excluding carboxylic acids is 1. The molecule has 0 fully saturated rings. The van der Waals surface area contributed by atoms with Gasteiger partial charge in [-0.05, 0) is 24.6 Å². The molecule has 0 spiro atoms. The Kier molecular flexibility index (Phi) is 3.65. The summed E-state index contributed by atoms with van der Waals surface area (Å²) < 4.78 is 0. The first-order chi connectivity index (χ1) is 6.59. The second-order valence-electron chi connectivity index (χ2n) is 2.87. The molecule has 0 aliphatic rings. The van der Waals surface area contributed by atoms with E-state index in [1.165, 1.54) is 6.92 Å². The lowest BCUT2D eigenvalue weighted by molar-refractivity contribution is -0.118. The number of hydrazone groups is 1. The van der Waals surface area contributed by atoms with Crippen LogP contribution in [0.1, 0.15) is 19.4 Å². The van der Waals surface area contributed by atoms with E-state index in [2.05, 4.69) is 10.5 Å². The van der Waals surface area contributed by atoms with Gasteiger partial charge in [-0.1, -0.05) is 23.7 Å². The van der Waals surface area contributed by atoms with Gasteiger partial charge in [0.1, 0.15) is 0 Å². The molecule has 0 bridgehead atoms. The van der Waals surface area contributed by atoms with Crippen LogP contribution in [0.25, 0.3) is 0 Å². The number of carbonyl (C=O) groups is 1. The van der Waals surface area contributed by atoms with Gasteiger partial charge in [-0.25, -0.2) is 5.43 Å². The molecule has 1 amide bonds. The smallest absolute Gasteiger partial charge is 0.236 e. The first-order valence-corrected chi connectivity index (χ1v) is 4.54. The fourth-order valence-electron chi connectivity index (χ4n) is 0.918. The maximum absolute atomic E-state index is 10.6. The number of rotatable bonds is 2. The predicted molar refractivity (Wildman–Crippen MR) is 57.5 cm³/mol. The summed E-state index contributed by atoms with van der Waals surface area (Å²) in [5.41, 5.74) is 4.05. The highest BCUT2D eigenvalue weighted by Crippen LogP contribution is 2.09.